The van der Waals surface area contributed by atoms with Crippen molar-refractivity contribution < 1.29 is 4.65 Å². The molecule has 0 spiro atoms. The van der Waals surface area contributed by atoms with Crippen LogP contribution >= 0.6 is 0 Å². The van der Waals surface area contributed by atoms with Crippen molar-refractivity contribution in [3.8, 4) is 5.75 Å². The molecule has 5 heterocycles. The first-order valence-electron chi connectivity index (χ1n) is 10.2. The molecule has 2 N–H and O–H groups in total. The molecular weight excluding hydrogens is 395 g/mol. The highest BCUT2D eigenvalue weighted by Gasteiger charge is 2.02. The highest BCUT2D eigenvalue weighted by atomic mass is 16.4. The molecule has 0 unspecified atom stereocenters. The molecule has 0 amide bonds. The molecule has 4 aromatic rings. The molecule has 0 atom stereocenters. The summed E-state index contributed by atoms with van der Waals surface area (Å²) in [6.45, 7) is 0. The Morgan fingerprint density at radius 2 is 0.969 bits per heavy atom. The third kappa shape index (κ3) is 4.70. The fourth-order valence-electron chi connectivity index (χ4n) is 3.44. The molecule has 2 radical (unpaired) electrons. The van der Waals surface area contributed by atoms with Gasteiger partial charge >= 0.3 is 8.05 Å². The Morgan fingerprint density at radius 3 is 1.41 bits per heavy atom. The number of nitrogens with zero attached hydrogens (tertiary/aromatic N) is 2. The zero-order chi connectivity index (χ0) is 21.8. The van der Waals surface area contributed by atoms with Gasteiger partial charge in [0, 0.05) is 22.1 Å². The summed E-state index contributed by atoms with van der Waals surface area (Å²) >= 11 is 0. The van der Waals surface area contributed by atoms with Crippen molar-refractivity contribution in [2.45, 2.75) is 0 Å². The SMILES string of the molecule is C1=Cc2cc3ccc(cc4ccc(cc5nc(cc1n2)C=C5)[nH]4)[nH]3.[B]Oc1ccccc1. The smallest absolute Gasteiger partial charge is 0.374 e. The summed E-state index contributed by atoms with van der Waals surface area (Å²) in [5.74, 6) is 0.688. The van der Waals surface area contributed by atoms with Crippen molar-refractivity contribution in [1.82, 2.24) is 19.9 Å². The summed E-state index contributed by atoms with van der Waals surface area (Å²) in [5.41, 5.74) is 7.86. The average Bonchev–Trinajstić information content (AvgIpc) is 3.61. The maximum atomic E-state index is 4.85. The number of nitrogens with one attached hydrogen (secondary N) is 2. The van der Waals surface area contributed by atoms with Crippen molar-refractivity contribution in [3.63, 3.8) is 0 Å². The summed E-state index contributed by atoms with van der Waals surface area (Å²) in [5, 5.41) is 0. The van der Waals surface area contributed by atoms with Gasteiger partial charge in [-0.1, -0.05) is 18.2 Å². The van der Waals surface area contributed by atoms with Gasteiger partial charge in [-0.15, -0.1) is 0 Å². The number of benzene rings is 1. The topological polar surface area (TPSA) is 66.6 Å². The van der Waals surface area contributed by atoms with Gasteiger partial charge in [0.2, 0.25) is 0 Å². The number of aromatic amines is 2. The second-order valence-electron chi connectivity index (χ2n) is 7.34. The van der Waals surface area contributed by atoms with Crippen LogP contribution in [0.2, 0.25) is 0 Å². The Kier molecular flexibility index (Phi) is 5.41. The van der Waals surface area contributed by atoms with E-state index in [2.05, 4.69) is 54.9 Å². The van der Waals surface area contributed by atoms with Gasteiger partial charge in [0.1, 0.15) is 0 Å². The molecule has 0 fully saturated rings. The van der Waals surface area contributed by atoms with E-state index in [0.29, 0.717) is 5.75 Å². The Balaban J connectivity index is 0.000000230. The lowest BCUT2D eigenvalue weighted by molar-refractivity contribution is 0.616. The molecular formula is C26H19BN4O. The second kappa shape index (κ2) is 8.82. The third-order valence-corrected chi connectivity index (χ3v) is 4.92. The summed E-state index contributed by atoms with van der Waals surface area (Å²) in [7, 11) is 4.85. The van der Waals surface area contributed by atoms with Gasteiger partial charge in [-0.25, -0.2) is 9.97 Å². The van der Waals surface area contributed by atoms with Gasteiger partial charge in [-0.05, 0) is 85.0 Å². The van der Waals surface area contributed by atoms with Crippen LogP contribution in [0.3, 0.4) is 0 Å². The van der Waals surface area contributed by atoms with Crippen molar-refractivity contribution in [2.24, 2.45) is 0 Å². The minimum atomic E-state index is 0.688. The quantitative estimate of drug-likeness (QED) is 0.334. The fourth-order valence-corrected chi connectivity index (χ4v) is 3.44. The van der Waals surface area contributed by atoms with E-state index in [9.17, 15) is 0 Å². The number of hydrogen-bond donors (Lipinski definition) is 2. The predicted octanol–water partition coefficient (Wildman–Crippen LogP) is 5.80. The molecule has 2 aliphatic rings. The maximum absolute atomic E-state index is 4.85. The zero-order valence-electron chi connectivity index (χ0n) is 17.2. The average molecular weight is 414 g/mol. The van der Waals surface area contributed by atoms with Crippen LogP contribution in [0.15, 0.2) is 78.9 Å². The third-order valence-electron chi connectivity index (χ3n) is 4.92. The van der Waals surface area contributed by atoms with Gasteiger partial charge in [0.05, 0.1) is 28.5 Å². The maximum Gasteiger partial charge on any atom is 0.374 e. The van der Waals surface area contributed by atoms with Crippen molar-refractivity contribution >= 4 is 54.4 Å². The lowest BCUT2D eigenvalue weighted by Gasteiger charge is -1.94. The van der Waals surface area contributed by atoms with Gasteiger partial charge < -0.3 is 14.6 Å². The Labute approximate surface area is 186 Å². The number of hydrogen-bond acceptors (Lipinski definition) is 3. The summed E-state index contributed by atoms with van der Waals surface area (Å²) in [6, 6.07) is 25.6. The molecule has 152 valence electrons. The van der Waals surface area contributed by atoms with Crippen molar-refractivity contribution in [3.05, 3.63) is 102 Å². The van der Waals surface area contributed by atoms with E-state index in [0.717, 1.165) is 44.8 Å². The molecule has 32 heavy (non-hydrogen) atoms. The van der Waals surface area contributed by atoms with Gasteiger partial charge in [-0.2, -0.15) is 0 Å². The van der Waals surface area contributed by atoms with Crippen LogP contribution in [0.1, 0.15) is 22.8 Å². The van der Waals surface area contributed by atoms with E-state index < -0.39 is 0 Å². The number of rotatable bonds is 1. The molecule has 5 nitrogen and oxygen atoms in total. The van der Waals surface area contributed by atoms with Crippen LogP contribution in [0.5, 0.6) is 5.75 Å². The normalized spacial score (nSPS) is 11.6. The van der Waals surface area contributed by atoms with Crippen LogP contribution in [0.25, 0.3) is 46.4 Å². The number of aromatic nitrogens is 4. The van der Waals surface area contributed by atoms with E-state index in [4.69, 9.17) is 8.05 Å². The molecule has 3 aromatic heterocycles. The minimum Gasteiger partial charge on any atom is -0.568 e. The predicted molar refractivity (Wildman–Crippen MR) is 132 cm³/mol. The standard InChI is InChI=1S/C20H14N4.C6H5BO/c1-2-14-10-16-5-6-18(23-16)12-20-8-7-19(24-20)11-17-4-3-15(22-17)9-13(1)21-14;7-8-6-4-2-1-3-5-6/h1-12,21-22H;1-5H. The van der Waals surface area contributed by atoms with Crippen LogP contribution in [0, 0.1) is 0 Å². The van der Waals surface area contributed by atoms with E-state index in [1.807, 2.05) is 60.7 Å². The highest BCUT2D eigenvalue weighted by molar-refractivity contribution is 5.99. The van der Waals surface area contributed by atoms with Crippen molar-refractivity contribution in [2.75, 3.05) is 0 Å². The molecule has 8 bridgehead atoms. The Bertz CT molecular complexity index is 1380. The summed E-state index contributed by atoms with van der Waals surface area (Å²) < 4.78 is 4.41. The zero-order valence-corrected chi connectivity index (χ0v) is 17.2. The van der Waals surface area contributed by atoms with Crippen molar-refractivity contribution in [1.29, 1.82) is 0 Å². The lowest BCUT2D eigenvalue weighted by Crippen LogP contribution is -1.81. The van der Waals surface area contributed by atoms with Crippen LogP contribution in [-0.4, -0.2) is 28.0 Å². The van der Waals surface area contributed by atoms with E-state index in [-0.39, 0.29) is 0 Å². The van der Waals surface area contributed by atoms with Gasteiger partial charge in [0.25, 0.3) is 0 Å². The lowest BCUT2D eigenvalue weighted by atomic mass is 10.3. The number of para-hydroxylation sites is 1. The summed E-state index contributed by atoms with van der Waals surface area (Å²) in [6.07, 6.45) is 8.05. The molecule has 0 saturated carbocycles. The molecule has 6 rings (SSSR count). The molecule has 2 aliphatic heterocycles. The highest BCUT2D eigenvalue weighted by Crippen LogP contribution is 2.17. The number of H-pyrrole nitrogens is 2. The Morgan fingerprint density at radius 1 is 0.531 bits per heavy atom. The fraction of sp³-hybridized carbons (Fsp3) is 0. The van der Waals surface area contributed by atoms with Crippen LogP contribution in [0.4, 0.5) is 0 Å². The van der Waals surface area contributed by atoms with Crippen LogP contribution < -0.4 is 4.65 Å². The number of fused-ring (bicyclic) bond motifs is 8. The van der Waals surface area contributed by atoms with Gasteiger partial charge in [-0.3, -0.25) is 0 Å². The molecule has 0 saturated heterocycles. The first kappa shape index (κ1) is 19.6. The first-order chi connectivity index (χ1) is 15.7. The van der Waals surface area contributed by atoms with E-state index in [1.54, 1.807) is 12.1 Å². The summed E-state index contributed by atoms with van der Waals surface area (Å²) in [4.78, 5) is 16.0. The molecule has 1 aromatic carbocycles. The van der Waals surface area contributed by atoms with Gasteiger partial charge in [0.15, 0.2) is 0 Å². The monoisotopic (exact) mass is 414 g/mol. The first-order valence-corrected chi connectivity index (χ1v) is 10.2. The molecule has 6 heteroatoms. The second-order valence-corrected chi connectivity index (χ2v) is 7.34. The van der Waals surface area contributed by atoms with E-state index in [1.165, 1.54) is 0 Å². The molecule has 0 aliphatic carbocycles. The van der Waals surface area contributed by atoms with E-state index >= 15 is 0 Å². The Hall–Kier alpha value is -4.32. The van der Waals surface area contributed by atoms with Crippen LogP contribution in [-0.2, 0) is 0 Å². The largest absolute Gasteiger partial charge is 0.568 e. The minimum absolute atomic E-state index is 0.688.